The molecule has 0 bridgehead atoms. The van der Waals surface area contributed by atoms with Gasteiger partial charge < -0.3 is 4.90 Å². The van der Waals surface area contributed by atoms with Gasteiger partial charge in [-0.05, 0) is 26.3 Å². The van der Waals surface area contributed by atoms with E-state index in [0.717, 1.165) is 19.6 Å². The van der Waals surface area contributed by atoms with Gasteiger partial charge in [0.2, 0.25) is 5.82 Å². The quantitative estimate of drug-likeness (QED) is 0.603. The molecule has 1 aromatic heterocycles. The van der Waals surface area contributed by atoms with E-state index < -0.39 is 0 Å². The zero-order chi connectivity index (χ0) is 14.3. The fourth-order valence-corrected chi connectivity index (χ4v) is 3.55. The van der Waals surface area contributed by atoms with Crippen molar-refractivity contribution in [1.82, 2.24) is 14.7 Å². The number of anilines is 1. The third kappa shape index (κ3) is 2.15. The number of hydrogen-bond donors (Lipinski definition) is 0. The van der Waals surface area contributed by atoms with Gasteiger partial charge in [0.25, 0.3) is 0 Å². The minimum Gasteiger partial charge on any atom is -0.348 e. The molecule has 1 unspecified atom stereocenters. The summed E-state index contributed by atoms with van der Waals surface area (Å²) in [6, 6.07) is 0.535. The second-order valence-corrected chi connectivity index (χ2v) is 5.77. The van der Waals surface area contributed by atoms with Crippen molar-refractivity contribution in [3.8, 4) is 0 Å². The Bertz CT molecular complexity index is 527. The second kappa shape index (κ2) is 5.05. The number of aromatic nitrogens is 2. The minimum absolute atomic E-state index is 0.164. The van der Waals surface area contributed by atoms with E-state index in [1.54, 1.807) is 18.7 Å². The highest BCUT2D eigenvalue weighted by Crippen LogP contribution is 2.33. The van der Waals surface area contributed by atoms with Crippen LogP contribution in [0.3, 0.4) is 0 Å². The number of nitro groups is 1. The molecule has 7 nitrogen and oxygen atoms in total. The van der Waals surface area contributed by atoms with Gasteiger partial charge in [-0.25, -0.2) is 4.68 Å². The smallest absolute Gasteiger partial charge is 0.333 e. The van der Waals surface area contributed by atoms with E-state index >= 15 is 0 Å². The largest absolute Gasteiger partial charge is 0.348 e. The summed E-state index contributed by atoms with van der Waals surface area (Å²) in [5, 5.41) is 15.5. The van der Waals surface area contributed by atoms with Crippen molar-refractivity contribution in [2.24, 2.45) is 7.05 Å². The van der Waals surface area contributed by atoms with E-state index in [2.05, 4.69) is 14.9 Å². The highest BCUT2D eigenvalue weighted by atomic mass is 16.6. The molecule has 2 saturated heterocycles. The maximum Gasteiger partial charge on any atom is 0.333 e. The minimum atomic E-state index is -0.301. The van der Waals surface area contributed by atoms with Crippen molar-refractivity contribution in [3.05, 3.63) is 15.8 Å². The number of nitrogens with zero attached hydrogens (tertiary/aromatic N) is 5. The number of aryl methyl sites for hydroxylation is 2. The molecular formula is C13H21N5O2. The zero-order valence-corrected chi connectivity index (χ0v) is 12.1. The molecule has 0 saturated carbocycles. The molecule has 3 heterocycles. The van der Waals surface area contributed by atoms with Gasteiger partial charge in [-0.2, -0.15) is 5.10 Å². The summed E-state index contributed by atoms with van der Waals surface area (Å²) >= 11 is 0. The van der Waals surface area contributed by atoms with Gasteiger partial charge >= 0.3 is 5.69 Å². The molecule has 1 aromatic rings. The van der Waals surface area contributed by atoms with Crippen molar-refractivity contribution in [3.63, 3.8) is 0 Å². The molecule has 0 spiro atoms. The van der Waals surface area contributed by atoms with E-state index in [4.69, 9.17) is 0 Å². The Morgan fingerprint density at radius 2 is 2.10 bits per heavy atom. The fourth-order valence-electron chi connectivity index (χ4n) is 3.55. The highest BCUT2D eigenvalue weighted by molar-refractivity contribution is 5.61. The number of piperazine rings is 1. The fraction of sp³-hybridized carbons (Fsp3) is 0.769. The standard InChI is InChI=1S/C13H21N5O2/c1-10-12(18(19)20)13(15(2)14-10)17-8-7-16-6-4-3-5-11(16)9-17/h11H,3-9H2,1-2H3. The summed E-state index contributed by atoms with van der Waals surface area (Å²) in [5.74, 6) is 0.665. The first kappa shape index (κ1) is 13.4. The molecule has 2 aliphatic rings. The Morgan fingerprint density at radius 3 is 2.85 bits per heavy atom. The lowest BCUT2D eigenvalue weighted by atomic mass is 9.99. The Kier molecular flexibility index (Phi) is 3.37. The molecular weight excluding hydrogens is 258 g/mol. The average Bonchev–Trinajstić information content (AvgIpc) is 2.73. The summed E-state index contributed by atoms with van der Waals surface area (Å²) in [6.45, 7) is 5.59. The number of piperidine rings is 1. The molecule has 0 radical (unpaired) electrons. The average molecular weight is 279 g/mol. The SMILES string of the molecule is Cc1nn(C)c(N2CCN3CCCCC3C2)c1[N+](=O)[O-]. The predicted molar refractivity (Wildman–Crippen MR) is 76.0 cm³/mol. The van der Waals surface area contributed by atoms with Gasteiger partial charge in [0.1, 0.15) is 5.69 Å². The van der Waals surface area contributed by atoms with Crippen molar-refractivity contribution < 1.29 is 4.92 Å². The van der Waals surface area contributed by atoms with Crippen LogP contribution in [0, 0.1) is 17.0 Å². The Balaban J connectivity index is 1.88. The summed E-state index contributed by atoms with van der Waals surface area (Å²) < 4.78 is 1.66. The molecule has 20 heavy (non-hydrogen) atoms. The van der Waals surface area contributed by atoms with Gasteiger partial charge in [-0.1, -0.05) is 6.42 Å². The summed E-state index contributed by atoms with van der Waals surface area (Å²) in [6.07, 6.45) is 3.74. The third-order valence-corrected chi connectivity index (χ3v) is 4.48. The molecule has 110 valence electrons. The second-order valence-electron chi connectivity index (χ2n) is 5.77. The first-order chi connectivity index (χ1) is 9.58. The molecule has 2 fully saturated rings. The maximum atomic E-state index is 11.3. The van der Waals surface area contributed by atoms with Gasteiger partial charge in [-0.3, -0.25) is 15.0 Å². The van der Waals surface area contributed by atoms with Crippen molar-refractivity contribution in [2.45, 2.75) is 32.2 Å². The van der Waals surface area contributed by atoms with Crippen LogP contribution in [0.1, 0.15) is 25.0 Å². The first-order valence-corrected chi connectivity index (χ1v) is 7.25. The van der Waals surface area contributed by atoms with E-state index in [1.165, 1.54) is 25.8 Å². The maximum absolute atomic E-state index is 11.3. The third-order valence-electron chi connectivity index (χ3n) is 4.48. The Morgan fingerprint density at radius 1 is 1.30 bits per heavy atom. The highest BCUT2D eigenvalue weighted by Gasteiger charge is 2.34. The predicted octanol–water partition coefficient (Wildman–Crippen LogP) is 1.31. The molecule has 1 atom stereocenters. The van der Waals surface area contributed by atoms with Crippen LogP contribution < -0.4 is 4.90 Å². The van der Waals surface area contributed by atoms with E-state index in [0.29, 0.717) is 17.6 Å². The van der Waals surface area contributed by atoms with Crippen LogP contribution in [-0.4, -0.2) is 51.8 Å². The van der Waals surface area contributed by atoms with Gasteiger partial charge in [0.15, 0.2) is 0 Å². The molecule has 0 aliphatic carbocycles. The van der Waals surface area contributed by atoms with Gasteiger partial charge in [0, 0.05) is 32.7 Å². The van der Waals surface area contributed by atoms with Crippen LogP contribution in [0.2, 0.25) is 0 Å². The van der Waals surface area contributed by atoms with E-state index in [1.807, 2.05) is 0 Å². The monoisotopic (exact) mass is 279 g/mol. The summed E-state index contributed by atoms with van der Waals surface area (Å²) in [7, 11) is 1.79. The van der Waals surface area contributed by atoms with Crippen molar-refractivity contribution in [2.75, 3.05) is 31.1 Å². The molecule has 0 aromatic carbocycles. The molecule has 3 rings (SSSR count). The summed E-state index contributed by atoms with van der Waals surface area (Å²) in [5.41, 5.74) is 0.662. The van der Waals surface area contributed by atoms with Crippen LogP contribution in [-0.2, 0) is 7.05 Å². The molecule has 7 heteroatoms. The zero-order valence-electron chi connectivity index (χ0n) is 12.1. The molecule has 0 N–H and O–H groups in total. The number of hydrogen-bond acceptors (Lipinski definition) is 5. The normalized spacial score (nSPS) is 23.7. The van der Waals surface area contributed by atoms with E-state index in [-0.39, 0.29) is 10.6 Å². The van der Waals surface area contributed by atoms with Crippen LogP contribution in [0.5, 0.6) is 0 Å². The lowest BCUT2D eigenvalue weighted by molar-refractivity contribution is -0.384. The number of rotatable bonds is 2. The first-order valence-electron chi connectivity index (χ1n) is 7.25. The molecule has 0 amide bonds. The molecule has 2 aliphatic heterocycles. The van der Waals surface area contributed by atoms with Crippen molar-refractivity contribution >= 4 is 11.5 Å². The van der Waals surface area contributed by atoms with Crippen LogP contribution in [0.25, 0.3) is 0 Å². The van der Waals surface area contributed by atoms with Crippen LogP contribution in [0.15, 0.2) is 0 Å². The van der Waals surface area contributed by atoms with Gasteiger partial charge in [-0.15, -0.1) is 0 Å². The van der Waals surface area contributed by atoms with E-state index in [9.17, 15) is 10.1 Å². The lowest BCUT2D eigenvalue weighted by Crippen LogP contribution is -2.55. The summed E-state index contributed by atoms with van der Waals surface area (Å²) in [4.78, 5) is 15.7. The van der Waals surface area contributed by atoms with Crippen molar-refractivity contribution in [1.29, 1.82) is 0 Å². The van der Waals surface area contributed by atoms with Gasteiger partial charge in [0.05, 0.1) is 4.92 Å². The van der Waals surface area contributed by atoms with Crippen LogP contribution in [0.4, 0.5) is 11.5 Å². The topological polar surface area (TPSA) is 67.4 Å². The van der Waals surface area contributed by atoms with Crippen LogP contribution >= 0.6 is 0 Å². The number of fused-ring (bicyclic) bond motifs is 1. The Hall–Kier alpha value is -1.63. The Labute approximate surface area is 118 Å². The lowest BCUT2D eigenvalue weighted by Gasteiger charge is -2.44.